The van der Waals surface area contributed by atoms with Crippen molar-refractivity contribution < 1.29 is 26.7 Å². The van der Waals surface area contributed by atoms with Gasteiger partial charge in [-0.1, -0.05) is 6.07 Å². The number of fused-ring (bicyclic) bond motifs is 1. The SMILES string of the molecule is N#Cc1cc(Oc2c(F)c(F)c(F)c(F)c2F)cc(Nc2ccc3cc[nH]c3c2)n1. The highest BCUT2D eigenvalue weighted by Gasteiger charge is 2.27. The zero-order chi connectivity index (χ0) is 21.4. The molecule has 5 nitrogen and oxygen atoms in total. The number of halogens is 5. The van der Waals surface area contributed by atoms with E-state index in [1.54, 1.807) is 24.4 Å². The number of benzene rings is 2. The monoisotopic (exact) mass is 416 g/mol. The Morgan fingerprint density at radius 3 is 2.30 bits per heavy atom. The number of pyridine rings is 1. The van der Waals surface area contributed by atoms with E-state index in [-0.39, 0.29) is 17.3 Å². The average molecular weight is 416 g/mol. The fraction of sp³-hybridized carbons (Fsp3) is 0. The van der Waals surface area contributed by atoms with Crippen LogP contribution in [0.1, 0.15) is 5.69 Å². The number of nitrogens with one attached hydrogen (secondary N) is 2. The normalized spacial score (nSPS) is 10.8. The van der Waals surface area contributed by atoms with E-state index in [1.165, 1.54) is 0 Å². The van der Waals surface area contributed by atoms with Crippen molar-refractivity contribution >= 4 is 22.4 Å². The fourth-order valence-corrected chi connectivity index (χ4v) is 2.75. The van der Waals surface area contributed by atoms with E-state index in [1.807, 2.05) is 12.1 Å². The molecule has 0 aliphatic heterocycles. The Hall–Kier alpha value is -4.13. The van der Waals surface area contributed by atoms with Crippen LogP contribution in [-0.4, -0.2) is 9.97 Å². The number of nitriles is 1. The third kappa shape index (κ3) is 3.37. The maximum atomic E-state index is 13.9. The first-order valence-electron chi connectivity index (χ1n) is 8.33. The quantitative estimate of drug-likeness (QED) is 0.256. The lowest BCUT2D eigenvalue weighted by atomic mass is 10.2. The molecule has 0 amide bonds. The lowest BCUT2D eigenvalue weighted by molar-refractivity contribution is 0.332. The van der Waals surface area contributed by atoms with Gasteiger partial charge in [-0.15, -0.1) is 0 Å². The van der Waals surface area contributed by atoms with Crippen molar-refractivity contribution in [2.24, 2.45) is 0 Å². The first kappa shape index (κ1) is 19.2. The topological polar surface area (TPSA) is 73.7 Å². The summed E-state index contributed by atoms with van der Waals surface area (Å²) in [6, 6.07) is 11.0. The number of ether oxygens (including phenoxy) is 1. The average Bonchev–Trinajstić information content (AvgIpc) is 3.21. The van der Waals surface area contributed by atoms with Crippen LogP contribution in [0.5, 0.6) is 11.5 Å². The van der Waals surface area contributed by atoms with Crippen LogP contribution < -0.4 is 10.1 Å². The summed E-state index contributed by atoms with van der Waals surface area (Å²) in [5.41, 5.74) is 1.17. The van der Waals surface area contributed by atoms with Gasteiger partial charge in [-0.2, -0.15) is 14.0 Å². The van der Waals surface area contributed by atoms with Gasteiger partial charge in [-0.25, -0.2) is 18.2 Å². The van der Waals surface area contributed by atoms with Crippen LogP contribution in [0.15, 0.2) is 42.6 Å². The summed E-state index contributed by atoms with van der Waals surface area (Å²) in [5.74, 6) is -12.6. The second-order valence-electron chi connectivity index (χ2n) is 6.09. The van der Waals surface area contributed by atoms with Crippen molar-refractivity contribution in [2.45, 2.75) is 0 Å². The van der Waals surface area contributed by atoms with E-state index in [0.717, 1.165) is 23.0 Å². The molecule has 0 bridgehead atoms. The summed E-state index contributed by atoms with van der Waals surface area (Å²) < 4.78 is 72.7. The predicted molar refractivity (Wildman–Crippen MR) is 96.8 cm³/mol. The number of hydrogen-bond donors (Lipinski definition) is 2. The lowest BCUT2D eigenvalue weighted by Gasteiger charge is -2.12. The third-order valence-corrected chi connectivity index (χ3v) is 4.13. The van der Waals surface area contributed by atoms with Gasteiger partial charge in [0.25, 0.3) is 0 Å². The second-order valence-corrected chi connectivity index (χ2v) is 6.09. The number of rotatable bonds is 4. The van der Waals surface area contributed by atoms with Crippen molar-refractivity contribution in [1.82, 2.24) is 9.97 Å². The smallest absolute Gasteiger partial charge is 0.207 e. The van der Waals surface area contributed by atoms with Crippen LogP contribution in [0.3, 0.4) is 0 Å². The molecule has 30 heavy (non-hydrogen) atoms. The maximum absolute atomic E-state index is 13.9. The van der Waals surface area contributed by atoms with Crippen molar-refractivity contribution in [3.05, 3.63) is 77.4 Å². The molecule has 4 rings (SSSR count). The van der Waals surface area contributed by atoms with Crippen LogP contribution in [-0.2, 0) is 0 Å². The third-order valence-electron chi connectivity index (χ3n) is 4.13. The Morgan fingerprint density at radius 2 is 1.60 bits per heavy atom. The zero-order valence-corrected chi connectivity index (χ0v) is 14.7. The molecule has 2 aromatic heterocycles. The molecule has 0 spiro atoms. The summed E-state index contributed by atoms with van der Waals surface area (Å²) in [7, 11) is 0. The van der Waals surface area contributed by atoms with Gasteiger partial charge in [-0.3, -0.25) is 0 Å². The molecule has 2 heterocycles. The van der Waals surface area contributed by atoms with E-state index in [0.29, 0.717) is 5.69 Å². The van der Waals surface area contributed by atoms with Gasteiger partial charge in [0.1, 0.15) is 23.3 Å². The van der Waals surface area contributed by atoms with E-state index < -0.39 is 34.8 Å². The van der Waals surface area contributed by atoms with Crippen LogP contribution in [0, 0.1) is 40.4 Å². The number of aromatic amines is 1. The standard InChI is InChI=1S/C20H9F5N4O/c21-15-16(22)18(24)20(19(25)17(15)23)30-12-5-11(8-26)29-14(7-12)28-10-2-1-9-3-4-27-13(9)6-10/h1-7,27H,(H,28,29). The molecular formula is C20H9F5N4O. The Labute approximate surface area is 165 Å². The van der Waals surface area contributed by atoms with Gasteiger partial charge in [0.05, 0.1) is 0 Å². The highest BCUT2D eigenvalue weighted by Crippen LogP contribution is 2.34. The molecule has 0 unspecified atom stereocenters. The lowest BCUT2D eigenvalue weighted by Crippen LogP contribution is -2.05. The molecular weight excluding hydrogens is 407 g/mol. The Morgan fingerprint density at radius 1 is 0.900 bits per heavy atom. The molecule has 0 saturated heterocycles. The summed E-state index contributed by atoms with van der Waals surface area (Å²) >= 11 is 0. The molecule has 4 aromatic rings. The Bertz CT molecular complexity index is 1300. The van der Waals surface area contributed by atoms with Gasteiger partial charge >= 0.3 is 0 Å². The summed E-state index contributed by atoms with van der Waals surface area (Å²) in [4.78, 5) is 7.01. The summed E-state index contributed by atoms with van der Waals surface area (Å²) in [6.07, 6.45) is 1.75. The fourth-order valence-electron chi connectivity index (χ4n) is 2.75. The molecule has 0 aliphatic carbocycles. The highest BCUT2D eigenvalue weighted by molar-refractivity contribution is 5.83. The molecule has 150 valence electrons. The summed E-state index contributed by atoms with van der Waals surface area (Å²) in [6.45, 7) is 0. The molecule has 2 aromatic carbocycles. The molecule has 0 saturated carbocycles. The number of H-pyrrole nitrogens is 1. The van der Waals surface area contributed by atoms with Crippen molar-refractivity contribution in [3.8, 4) is 17.6 Å². The van der Waals surface area contributed by atoms with Crippen molar-refractivity contribution in [3.63, 3.8) is 0 Å². The minimum atomic E-state index is -2.30. The van der Waals surface area contributed by atoms with Crippen LogP contribution in [0.2, 0.25) is 0 Å². The van der Waals surface area contributed by atoms with Gasteiger partial charge in [0.2, 0.25) is 34.8 Å². The van der Waals surface area contributed by atoms with Crippen molar-refractivity contribution in [1.29, 1.82) is 5.26 Å². The van der Waals surface area contributed by atoms with Gasteiger partial charge in [-0.05, 0) is 23.6 Å². The van der Waals surface area contributed by atoms with Gasteiger partial charge in [0.15, 0.2) is 0 Å². The highest BCUT2D eigenvalue weighted by atomic mass is 19.2. The molecule has 2 N–H and O–H groups in total. The molecule has 0 atom stereocenters. The molecule has 0 aliphatic rings. The van der Waals surface area contributed by atoms with Crippen molar-refractivity contribution in [2.75, 3.05) is 5.32 Å². The number of nitrogens with zero attached hydrogens (tertiary/aromatic N) is 2. The van der Waals surface area contributed by atoms with E-state index in [4.69, 9.17) is 10.00 Å². The van der Waals surface area contributed by atoms with E-state index in [9.17, 15) is 22.0 Å². The second kappa shape index (κ2) is 7.36. The van der Waals surface area contributed by atoms with Crippen LogP contribution in [0.4, 0.5) is 33.5 Å². The summed E-state index contributed by atoms with van der Waals surface area (Å²) in [5, 5.41) is 13.0. The first-order valence-corrected chi connectivity index (χ1v) is 8.33. The van der Waals surface area contributed by atoms with Crippen LogP contribution >= 0.6 is 0 Å². The molecule has 0 radical (unpaired) electrons. The molecule has 10 heteroatoms. The maximum Gasteiger partial charge on any atom is 0.207 e. The Kier molecular flexibility index (Phi) is 4.71. The minimum absolute atomic E-state index is 0.0545. The first-order chi connectivity index (χ1) is 14.4. The number of aromatic nitrogens is 2. The molecule has 0 fully saturated rings. The Balaban J connectivity index is 1.71. The van der Waals surface area contributed by atoms with Crippen LogP contribution in [0.25, 0.3) is 10.9 Å². The number of anilines is 2. The predicted octanol–water partition coefficient (Wildman–Crippen LogP) is 5.67. The largest absolute Gasteiger partial charge is 0.451 e. The van der Waals surface area contributed by atoms with Gasteiger partial charge in [0, 0.05) is 29.5 Å². The van der Waals surface area contributed by atoms with E-state index >= 15 is 0 Å². The van der Waals surface area contributed by atoms with E-state index in [2.05, 4.69) is 15.3 Å². The zero-order valence-electron chi connectivity index (χ0n) is 14.7. The number of hydrogen-bond acceptors (Lipinski definition) is 4. The minimum Gasteiger partial charge on any atom is -0.451 e. The van der Waals surface area contributed by atoms with Gasteiger partial charge < -0.3 is 15.0 Å².